The van der Waals surface area contributed by atoms with Gasteiger partial charge in [0, 0.05) is 30.2 Å². The summed E-state index contributed by atoms with van der Waals surface area (Å²) in [7, 11) is 0. The first-order valence-corrected chi connectivity index (χ1v) is 9.76. The minimum Gasteiger partial charge on any atom is -0.348 e. The van der Waals surface area contributed by atoms with Crippen LogP contribution in [0.5, 0.6) is 0 Å². The third-order valence-electron chi connectivity index (χ3n) is 4.56. The fourth-order valence-electron chi connectivity index (χ4n) is 3.14. The number of likely N-dealkylation sites (tertiary alicyclic amines) is 1. The van der Waals surface area contributed by atoms with Gasteiger partial charge in [-0.3, -0.25) is 9.59 Å². The van der Waals surface area contributed by atoms with Crippen molar-refractivity contribution in [2.45, 2.75) is 38.8 Å². The van der Waals surface area contributed by atoms with E-state index < -0.39 is 0 Å². The molecule has 0 radical (unpaired) electrons. The van der Waals surface area contributed by atoms with Gasteiger partial charge in [-0.25, -0.2) is 4.68 Å². The molecule has 1 N–H and O–H groups in total. The standard InChI is InChI=1S/C20H24ClN5O2/c1-14(2)22-20(28)18-13-26(24-23-18)16-7-5-11-25(12-16)19(27)10-9-15-6-3-4-8-17(15)21/h3-4,6,8-10,13-14,16H,5,7,11-12H2,1-2H3,(H,22,28). The summed E-state index contributed by atoms with van der Waals surface area (Å²) in [4.78, 5) is 26.4. The molecule has 8 heteroatoms. The van der Waals surface area contributed by atoms with Crippen LogP contribution < -0.4 is 5.32 Å². The Balaban J connectivity index is 1.64. The van der Waals surface area contributed by atoms with Crippen molar-refractivity contribution in [2.75, 3.05) is 13.1 Å². The van der Waals surface area contributed by atoms with E-state index in [1.54, 1.807) is 34.0 Å². The lowest BCUT2D eigenvalue weighted by atomic mass is 10.1. The molecule has 0 saturated carbocycles. The van der Waals surface area contributed by atoms with Gasteiger partial charge >= 0.3 is 0 Å². The maximum Gasteiger partial charge on any atom is 0.273 e. The average Bonchev–Trinajstić information content (AvgIpc) is 3.17. The third kappa shape index (κ3) is 4.98. The normalized spacial score (nSPS) is 17.3. The van der Waals surface area contributed by atoms with Crippen molar-refractivity contribution in [1.82, 2.24) is 25.2 Å². The molecular weight excluding hydrogens is 378 g/mol. The molecule has 0 aliphatic carbocycles. The van der Waals surface area contributed by atoms with Crippen LogP contribution in [0.1, 0.15) is 48.8 Å². The second kappa shape index (κ2) is 9.01. The van der Waals surface area contributed by atoms with Crippen molar-refractivity contribution >= 4 is 29.5 Å². The van der Waals surface area contributed by atoms with E-state index in [0.717, 1.165) is 18.4 Å². The van der Waals surface area contributed by atoms with E-state index in [4.69, 9.17) is 11.6 Å². The lowest BCUT2D eigenvalue weighted by molar-refractivity contribution is -0.127. The molecule has 1 unspecified atom stereocenters. The first kappa shape index (κ1) is 20.1. The van der Waals surface area contributed by atoms with Crippen LogP contribution in [0.3, 0.4) is 0 Å². The number of hydrogen-bond acceptors (Lipinski definition) is 4. The summed E-state index contributed by atoms with van der Waals surface area (Å²) in [6.07, 6.45) is 6.68. The van der Waals surface area contributed by atoms with Crippen molar-refractivity contribution in [3.8, 4) is 0 Å². The highest BCUT2D eigenvalue weighted by Gasteiger charge is 2.25. The lowest BCUT2D eigenvalue weighted by Gasteiger charge is -2.31. The zero-order valence-electron chi connectivity index (χ0n) is 16.0. The Bertz CT molecular complexity index is 877. The Kier molecular flexibility index (Phi) is 6.46. The topological polar surface area (TPSA) is 80.1 Å². The van der Waals surface area contributed by atoms with Crippen LogP contribution in [0.4, 0.5) is 0 Å². The second-order valence-electron chi connectivity index (χ2n) is 7.15. The monoisotopic (exact) mass is 401 g/mol. The number of benzene rings is 1. The lowest BCUT2D eigenvalue weighted by Crippen LogP contribution is -2.40. The third-order valence-corrected chi connectivity index (χ3v) is 4.90. The van der Waals surface area contributed by atoms with Crippen LogP contribution >= 0.6 is 11.6 Å². The number of nitrogens with one attached hydrogen (secondary N) is 1. The maximum absolute atomic E-state index is 12.6. The first-order valence-electron chi connectivity index (χ1n) is 9.38. The van der Waals surface area contributed by atoms with Gasteiger partial charge in [0.2, 0.25) is 5.91 Å². The smallest absolute Gasteiger partial charge is 0.273 e. The highest BCUT2D eigenvalue weighted by atomic mass is 35.5. The molecule has 2 amide bonds. The molecule has 1 aliphatic rings. The molecule has 2 heterocycles. The number of carbonyl (C=O) groups excluding carboxylic acids is 2. The van der Waals surface area contributed by atoms with Gasteiger partial charge in [0.25, 0.3) is 5.91 Å². The molecule has 0 spiro atoms. The Hall–Kier alpha value is -2.67. The minimum atomic E-state index is -0.243. The summed E-state index contributed by atoms with van der Waals surface area (Å²) in [6, 6.07) is 7.42. The molecule has 0 bridgehead atoms. The maximum atomic E-state index is 12.6. The summed E-state index contributed by atoms with van der Waals surface area (Å²) in [5.74, 6) is -0.310. The minimum absolute atomic E-state index is 0.000451. The molecular formula is C20H24ClN5O2. The van der Waals surface area contributed by atoms with Gasteiger partial charge < -0.3 is 10.2 Å². The number of piperidine rings is 1. The predicted octanol–water partition coefficient (Wildman–Crippen LogP) is 2.95. The zero-order chi connectivity index (χ0) is 20.1. The fourth-order valence-corrected chi connectivity index (χ4v) is 3.34. The number of halogens is 1. The van der Waals surface area contributed by atoms with Gasteiger partial charge in [-0.15, -0.1) is 5.10 Å². The molecule has 7 nitrogen and oxygen atoms in total. The molecule has 1 aliphatic heterocycles. The van der Waals surface area contributed by atoms with Crippen molar-refractivity contribution in [1.29, 1.82) is 0 Å². The molecule has 1 aromatic carbocycles. The van der Waals surface area contributed by atoms with Gasteiger partial charge in [-0.2, -0.15) is 0 Å². The largest absolute Gasteiger partial charge is 0.348 e. The van der Waals surface area contributed by atoms with Crippen molar-refractivity contribution in [3.63, 3.8) is 0 Å². The number of rotatable bonds is 5. The van der Waals surface area contributed by atoms with Crippen LogP contribution in [-0.2, 0) is 4.79 Å². The van der Waals surface area contributed by atoms with E-state index in [1.807, 2.05) is 32.0 Å². The molecule has 3 rings (SSSR count). The van der Waals surface area contributed by atoms with Crippen LogP contribution in [0.15, 0.2) is 36.5 Å². The Morgan fingerprint density at radius 1 is 1.32 bits per heavy atom. The molecule has 148 valence electrons. The number of aromatic nitrogens is 3. The zero-order valence-corrected chi connectivity index (χ0v) is 16.8. The summed E-state index contributed by atoms with van der Waals surface area (Å²) in [5.41, 5.74) is 1.10. The summed E-state index contributed by atoms with van der Waals surface area (Å²) < 4.78 is 1.69. The molecule has 2 aromatic rings. The highest BCUT2D eigenvalue weighted by Crippen LogP contribution is 2.22. The van der Waals surface area contributed by atoms with E-state index in [-0.39, 0.29) is 29.6 Å². The van der Waals surface area contributed by atoms with Crippen LogP contribution in [0, 0.1) is 0 Å². The van der Waals surface area contributed by atoms with Crippen LogP contribution in [0.25, 0.3) is 6.08 Å². The van der Waals surface area contributed by atoms with Crippen molar-refractivity contribution in [2.24, 2.45) is 0 Å². The second-order valence-corrected chi connectivity index (χ2v) is 7.55. The van der Waals surface area contributed by atoms with Gasteiger partial charge in [0.15, 0.2) is 5.69 Å². The predicted molar refractivity (Wildman–Crippen MR) is 108 cm³/mol. The summed E-state index contributed by atoms with van der Waals surface area (Å²) >= 11 is 6.13. The van der Waals surface area contributed by atoms with E-state index in [2.05, 4.69) is 15.6 Å². The number of nitrogens with zero attached hydrogens (tertiary/aromatic N) is 4. The fraction of sp³-hybridized carbons (Fsp3) is 0.400. The molecule has 1 fully saturated rings. The van der Waals surface area contributed by atoms with Gasteiger partial charge in [-0.1, -0.05) is 35.0 Å². The van der Waals surface area contributed by atoms with Gasteiger partial charge in [0.1, 0.15) is 0 Å². The van der Waals surface area contributed by atoms with E-state index in [1.165, 1.54) is 0 Å². The number of carbonyl (C=O) groups is 2. The van der Waals surface area contributed by atoms with E-state index in [9.17, 15) is 9.59 Å². The molecule has 1 saturated heterocycles. The van der Waals surface area contributed by atoms with E-state index in [0.29, 0.717) is 18.1 Å². The van der Waals surface area contributed by atoms with Gasteiger partial charge in [0.05, 0.1) is 12.2 Å². The average molecular weight is 402 g/mol. The van der Waals surface area contributed by atoms with E-state index >= 15 is 0 Å². The highest BCUT2D eigenvalue weighted by molar-refractivity contribution is 6.32. The molecule has 1 aromatic heterocycles. The van der Waals surface area contributed by atoms with Crippen LogP contribution in [-0.4, -0.2) is 50.8 Å². The molecule has 28 heavy (non-hydrogen) atoms. The van der Waals surface area contributed by atoms with Gasteiger partial charge in [-0.05, 0) is 44.4 Å². The summed E-state index contributed by atoms with van der Waals surface area (Å²) in [5, 5.41) is 11.5. The Morgan fingerprint density at radius 2 is 2.11 bits per heavy atom. The Morgan fingerprint density at radius 3 is 2.86 bits per heavy atom. The Labute approximate surface area is 169 Å². The first-order chi connectivity index (χ1) is 13.4. The SMILES string of the molecule is CC(C)NC(=O)c1cn(C2CCCN(C(=O)C=Cc3ccccc3Cl)C2)nn1. The quantitative estimate of drug-likeness (QED) is 0.781. The number of amides is 2. The van der Waals surface area contributed by atoms with Crippen LogP contribution in [0.2, 0.25) is 5.02 Å². The van der Waals surface area contributed by atoms with Crippen molar-refractivity contribution < 1.29 is 9.59 Å². The molecule has 1 atom stereocenters. The summed E-state index contributed by atoms with van der Waals surface area (Å²) in [6.45, 7) is 5.00. The number of hydrogen-bond donors (Lipinski definition) is 1. The van der Waals surface area contributed by atoms with Crippen molar-refractivity contribution in [3.05, 3.63) is 52.8 Å².